The minimum Gasteiger partial charge on any atom is -0.494 e. The second-order valence-electron chi connectivity index (χ2n) is 4.15. The summed E-state index contributed by atoms with van der Waals surface area (Å²) in [4.78, 5) is 0. The molecule has 106 valence electrons. The lowest BCUT2D eigenvalue weighted by molar-refractivity contribution is 0.337. The highest BCUT2D eigenvalue weighted by Crippen LogP contribution is 2.37. The Hall–Kier alpha value is -0.770. The number of rotatable bonds is 4. The smallest absolute Gasteiger partial charge is 0.142 e. The fraction of sp³-hybridized carbons (Fsp3) is 0.200. The van der Waals surface area contributed by atoms with Crippen LogP contribution >= 0.6 is 39.1 Å². The minimum atomic E-state index is -0.513. The van der Waals surface area contributed by atoms with Crippen LogP contribution in [0.4, 0.5) is 4.39 Å². The van der Waals surface area contributed by atoms with Crippen molar-refractivity contribution in [1.82, 2.24) is 0 Å². The predicted octanol–water partition coefficient (Wildman–Crippen LogP) is 5.97. The van der Waals surface area contributed by atoms with E-state index in [9.17, 15) is 4.39 Å². The zero-order valence-electron chi connectivity index (χ0n) is 10.7. The Kier molecular flexibility index (Phi) is 5.30. The van der Waals surface area contributed by atoms with Gasteiger partial charge in [0.1, 0.15) is 11.6 Å². The molecule has 1 nitrogen and oxygen atoms in total. The molecule has 0 saturated carbocycles. The second kappa shape index (κ2) is 6.79. The first kappa shape index (κ1) is 15.6. The van der Waals surface area contributed by atoms with Crippen LogP contribution in [0.5, 0.6) is 5.75 Å². The molecule has 0 amide bonds. The zero-order chi connectivity index (χ0) is 14.7. The first-order valence-electron chi connectivity index (χ1n) is 6.04. The van der Waals surface area contributed by atoms with Gasteiger partial charge in [-0.15, -0.1) is 11.6 Å². The van der Waals surface area contributed by atoms with Crippen molar-refractivity contribution in [3.63, 3.8) is 0 Å². The molecule has 0 fully saturated rings. The van der Waals surface area contributed by atoms with Gasteiger partial charge in [0.25, 0.3) is 0 Å². The predicted molar refractivity (Wildman–Crippen MR) is 84.4 cm³/mol. The van der Waals surface area contributed by atoms with Crippen LogP contribution in [0.2, 0.25) is 5.02 Å². The van der Waals surface area contributed by atoms with Crippen molar-refractivity contribution in [1.29, 1.82) is 0 Å². The van der Waals surface area contributed by atoms with Crippen LogP contribution in [0, 0.1) is 5.82 Å². The maximum atomic E-state index is 13.6. The first-order chi connectivity index (χ1) is 9.52. The number of ether oxygens (including phenoxy) is 1. The van der Waals surface area contributed by atoms with Gasteiger partial charge in [0.05, 0.1) is 17.0 Å². The van der Waals surface area contributed by atoms with Crippen molar-refractivity contribution in [2.75, 3.05) is 6.61 Å². The molecule has 0 N–H and O–H groups in total. The van der Waals surface area contributed by atoms with Gasteiger partial charge in [0.15, 0.2) is 0 Å². The van der Waals surface area contributed by atoms with Gasteiger partial charge in [-0.3, -0.25) is 0 Å². The van der Waals surface area contributed by atoms with Crippen LogP contribution in [0.1, 0.15) is 23.4 Å². The summed E-state index contributed by atoms with van der Waals surface area (Å²) in [7, 11) is 0. The highest BCUT2D eigenvalue weighted by molar-refractivity contribution is 9.10. The maximum absolute atomic E-state index is 13.6. The number of halogens is 4. The van der Waals surface area contributed by atoms with E-state index in [1.807, 2.05) is 25.1 Å². The van der Waals surface area contributed by atoms with Gasteiger partial charge in [-0.05, 0) is 42.8 Å². The van der Waals surface area contributed by atoms with Crippen molar-refractivity contribution in [2.45, 2.75) is 12.3 Å². The molecule has 2 aromatic rings. The molecule has 0 aliphatic carbocycles. The van der Waals surface area contributed by atoms with Gasteiger partial charge < -0.3 is 4.74 Å². The van der Waals surface area contributed by atoms with E-state index in [2.05, 4.69) is 15.9 Å². The SMILES string of the molecule is CCOc1ccc(Br)cc1C(Cl)c1ccc(Cl)c(F)c1. The summed E-state index contributed by atoms with van der Waals surface area (Å²) < 4.78 is 20.0. The monoisotopic (exact) mass is 376 g/mol. The quantitative estimate of drug-likeness (QED) is 0.596. The Morgan fingerprint density at radius 1 is 1.25 bits per heavy atom. The Labute approximate surface area is 135 Å². The molecular weight excluding hydrogens is 366 g/mol. The minimum absolute atomic E-state index is 0.0805. The summed E-state index contributed by atoms with van der Waals surface area (Å²) in [6.07, 6.45) is 0. The van der Waals surface area contributed by atoms with Gasteiger partial charge >= 0.3 is 0 Å². The lowest BCUT2D eigenvalue weighted by atomic mass is 10.0. The summed E-state index contributed by atoms with van der Waals surface area (Å²) in [6, 6.07) is 10.1. The highest BCUT2D eigenvalue weighted by atomic mass is 79.9. The molecule has 2 rings (SSSR count). The van der Waals surface area contributed by atoms with Gasteiger partial charge in [-0.1, -0.05) is 33.6 Å². The molecule has 5 heteroatoms. The van der Waals surface area contributed by atoms with E-state index in [4.69, 9.17) is 27.9 Å². The molecule has 20 heavy (non-hydrogen) atoms. The molecule has 0 aromatic heterocycles. The van der Waals surface area contributed by atoms with E-state index < -0.39 is 11.2 Å². The van der Waals surface area contributed by atoms with E-state index in [0.717, 1.165) is 10.0 Å². The fourth-order valence-corrected chi connectivity index (χ4v) is 2.66. The van der Waals surface area contributed by atoms with E-state index in [0.29, 0.717) is 17.9 Å². The van der Waals surface area contributed by atoms with Crippen molar-refractivity contribution in [2.24, 2.45) is 0 Å². The fourth-order valence-electron chi connectivity index (χ4n) is 1.85. The van der Waals surface area contributed by atoms with E-state index in [1.54, 1.807) is 6.07 Å². The van der Waals surface area contributed by atoms with Crippen molar-refractivity contribution in [3.05, 3.63) is 62.8 Å². The van der Waals surface area contributed by atoms with Crippen LogP contribution in [0.15, 0.2) is 40.9 Å². The molecule has 0 aliphatic heterocycles. The Morgan fingerprint density at radius 2 is 2.00 bits per heavy atom. The van der Waals surface area contributed by atoms with Crippen molar-refractivity contribution in [3.8, 4) is 5.75 Å². The average Bonchev–Trinajstić information content (AvgIpc) is 2.43. The molecular formula is C15H12BrCl2FO. The number of benzene rings is 2. The second-order valence-corrected chi connectivity index (χ2v) is 5.91. The third-order valence-electron chi connectivity index (χ3n) is 2.78. The summed E-state index contributed by atoms with van der Waals surface area (Å²) >= 11 is 15.6. The normalized spacial score (nSPS) is 12.2. The van der Waals surface area contributed by atoms with Gasteiger partial charge in [0.2, 0.25) is 0 Å². The molecule has 1 atom stereocenters. The topological polar surface area (TPSA) is 9.23 Å². The third kappa shape index (κ3) is 3.46. The number of hydrogen-bond donors (Lipinski definition) is 0. The lowest BCUT2D eigenvalue weighted by Gasteiger charge is -2.16. The average molecular weight is 378 g/mol. The Bertz CT molecular complexity index is 619. The van der Waals surface area contributed by atoms with Crippen molar-refractivity contribution < 1.29 is 9.13 Å². The number of alkyl halides is 1. The van der Waals surface area contributed by atoms with E-state index in [-0.39, 0.29) is 5.02 Å². The van der Waals surface area contributed by atoms with Gasteiger partial charge in [-0.2, -0.15) is 0 Å². The van der Waals surface area contributed by atoms with Gasteiger partial charge in [0, 0.05) is 10.0 Å². The first-order valence-corrected chi connectivity index (χ1v) is 7.65. The lowest BCUT2D eigenvalue weighted by Crippen LogP contribution is -2.01. The van der Waals surface area contributed by atoms with Gasteiger partial charge in [-0.25, -0.2) is 4.39 Å². The molecule has 0 spiro atoms. The van der Waals surface area contributed by atoms with E-state index >= 15 is 0 Å². The summed E-state index contributed by atoms with van der Waals surface area (Å²) in [5.41, 5.74) is 1.41. The zero-order valence-corrected chi connectivity index (χ0v) is 13.8. The van der Waals surface area contributed by atoms with Crippen LogP contribution in [0.25, 0.3) is 0 Å². The standard InChI is InChI=1S/C15H12BrCl2FO/c1-2-20-14-6-4-10(16)8-11(14)15(18)9-3-5-12(17)13(19)7-9/h3-8,15H,2H2,1H3. The summed E-state index contributed by atoms with van der Waals surface area (Å²) in [5, 5.41) is -0.433. The van der Waals surface area contributed by atoms with Crippen molar-refractivity contribution >= 4 is 39.1 Å². The molecule has 0 bridgehead atoms. The summed E-state index contributed by atoms with van der Waals surface area (Å²) in [6.45, 7) is 2.43. The summed E-state index contributed by atoms with van der Waals surface area (Å²) in [5.74, 6) is 0.203. The maximum Gasteiger partial charge on any atom is 0.142 e. The van der Waals surface area contributed by atoms with Crippen LogP contribution in [0.3, 0.4) is 0 Å². The number of hydrogen-bond acceptors (Lipinski definition) is 1. The molecule has 0 aliphatic rings. The Balaban J connectivity index is 2.43. The van der Waals surface area contributed by atoms with Crippen LogP contribution in [-0.4, -0.2) is 6.61 Å². The largest absolute Gasteiger partial charge is 0.494 e. The Morgan fingerprint density at radius 3 is 2.65 bits per heavy atom. The molecule has 0 radical (unpaired) electrons. The molecule has 0 saturated heterocycles. The van der Waals surface area contributed by atoms with E-state index in [1.165, 1.54) is 12.1 Å². The van der Waals surface area contributed by atoms with Crippen LogP contribution in [-0.2, 0) is 0 Å². The molecule has 2 aromatic carbocycles. The highest BCUT2D eigenvalue weighted by Gasteiger charge is 2.17. The molecule has 0 heterocycles. The van der Waals surface area contributed by atoms with Crippen LogP contribution < -0.4 is 4.74 Å². The molecule has 1 unspecified atom stereocenters. The third-order valence-corrected chi connectivity index (χ3v) is 4.07.